The predicted octanol–water partition coefficient (Wildman–Crippen LogP) is 2.19. The Hall–Kier alpha value is -1.30. The van der Waals surface area contributed by atoms with Crippen LogP contribution in [0.5, 0.6) is 0 Å². The normalized spacial score (nSPS) is 21.6. The van der Waals surface area contributed by atoms with E-state index in [0.29, 0.717) is 11.7 Å². The van der Waals surface area contributed by atoms with E-state index in [1.807, 2.05) is 24.1 Å². The van der Waals surface area contributed by atoms with Crippen LogP contribution >= 0.6 is 11.8 Å². The van der Waals surface area contributed by atoms with Crippen molar-refractivity contribution in [3.05, 3.63) is 18.1 Å². The van der Waals surface area contributed by atoms with Gasteiger partial charge in [-0.3, -0.25) is 4.79 Å². The first-order chi connectivity index (χ1) is 10.1. The molecular formula is C15H24N4OS. The Morgan fingerprint density at radius 1 is 1.52 bits per heavy atom. The van der Waals surface area contributed by atoms with Crippen LogP contribution in [-0.4, -0.2) is 51.9 Å². The topological polar surface area (TPSA) is 58.1 Å². The number of rotatable bonds is 6. The summed E-state index contributed by atoms with van der Waals surface area (Å²) in [4.78, 5) is 22.6. The highest BCUT2D eigenvalue weighted by Crippen LogP contribution is 2.25. The van der Waals surface area contributed by atoms with Crippen molar-refractivity contribution in [1.29, 1.82) is 0 Å². The van der Waals surface area contributed by atoms with Gasteiger partial charge in [0, 0.05) is 25.3 Å². The highest BCUT2D eigenvalue weighted by atomic mass is 32.2. The van der Waals surface area contributed by atoms with E-state index in [4.69, 9.17) is 0 Å². The molecule has 5 nitrogen and oxygen atoms in total. The van der Waals surface area contributed by atoms with Crippen LogP contribution in [0.25, 0.3) is 0 Å². The van der Waals surface area contributed by atoms with Gasteiger partial charge in [-0.2, -0.15) is 11.8 Å². The fraction of sp³-hybridized carbons (Fsp3) is 0.667. The fourth-order valence-electron chi connectivity index (χ4n) is 2.84. The third kappa shape index (κ3) is 4.33. The molecular weight excluding hydrogens is 284 g/mol. The second-order valence-corrected chi connectivity index (χ2v) is 6.39. The van der Waals surface area contributed by atoms with Crippen LogP contribution in [0.1, 0.15) is 25.6 Å². The third-order valence-corrected chi connectivity index (χ3v) is 4.37. The summed E-state index contributed by atoms with van der Waals surface area (Å²) in [5, 5.41) is 3.49. The number of anilines is 1. The lowest BCUT2D eigenvalue weighted by atomic mass is 9.98. The monoisotopic (exact) mass is 308 g/mol. The van der Waals surface area contributed by atoms with Crippen LogP contribution < -0.4 is 5.32 Å². The highest BCUT2D eigenvalue weighted by molar-refractivity contribution is 7.99. The number of amides is 1. The van der Waals surface area contributed by atoms with Crippen LogP contribution in [0.15, 0.2) is 12.3 Å². The number of nitrogens with zero attached hydrogens (tertiary/aromatic N) is 3. The highest BCUT2D eigenvalue weighted by Gasteiger charge is 2.34. The maximum absolute atomic E-state index is 12.1. The van der Waals surface area contributed by atoms with Crippen LogP contribution in [0.2, 0.25) is 0 Å². The Morgan fingerprint density at radius 2 is 2.33 bits per heavy atom. The maximum atomic E-state index is 12.1. The Morgan fingerprint density at radius 3 is 3.00 bits per heavy atom. The zero-order valence-corrected chi connectivity index (χ0v) is 13.8. The van der Waals surface area contributed by atoms with Gasteiger partial charge in [0.25, 0.3) is 0 Å². The van der Waals surface area contributed by atoms with Crippen LogP contribution in [-0.2, 0) is 4.79 Å². The molecule has 1 saturated heterocycles. The van der Waals surface area contributed by atoms with Crippen molar-refractivity contribution in [1.82, 2.24) is 14.9 Å². The number of nitrogens with one attached hydrogen (secondary N) is 1. The summed E-state index contributed by atoms with van der Waals surface area (Å²) in [6.07, 6.45) is 6.00. The van der Waals surface area contributed by atoms with Gasteiger partial charge in [0.05, 0.1) is 5.75 Å². The summed E-state index contributed by atoms with van der Waals surface area (Å²) in [5.41, 5.74) is 0. The van der Waals surface area contributed by atoms with Gasteiger partial charge in [0.2, 0.25) is 5.91 Å². The van der Waals surface area contributed by atoms with Crippen molar-refractivity contribution < 1.29 is 4.79 Å². The second-order valence-electron chi connectivity index (χ2n) is 5.52. The van der Waals surface area contributed by atoms with Gasteiger partial charge in [0.15, 0.2) is 0 Å². The molecule has 2 atom stereocenters. The van der Waals surface area contributed by atoms with Crippen molar-refractivity contribution in [3.8, 4) is 0 Å². The lowest BCUT2D eigenvalue weighted by Crippen LogP contribution is -2.33. The van der Waals surface area contributed by atoms with Gasteiger partial charge in [-0.15, -0.1) is 0 Å². The molecule has 6 heteroatoms. The van der Waals surface area contributed by atoms with Crippen molar-refractivity contribution in [2.75, 3.05) is 30.4 Å². The SMILES string of the molecule is CCC[C@H]1CN(C(=O)CSC)C[C@@H]1Nc1ccnc(C)n1. The molecule has 1 amide bonds. The van der Waals surface area contributed by atoms with Crippen LogP contribution in [0, 0.1) is 12.8 Å². The summed E-state index contributed by atoms with van der Waals surface area (Å²) in [6.45, 7) is 5.71. The minimum absolute atomic E-state index is 0.242. The van der Waals surface area contributed by atoms with E-state index < -0.39 is 0 Å². The zero-order chi connectivity index (χ0) is 15.2. The van der Waals surface area contributed by atoms with Gasteiger partial charge in [-0.25, -0.2) is 9.97 Å². The van der Waals surface area contributed by atoms with E-state index in [0.717, 1.165) is 37.6 Å². The van der Waals surface area contributed by atoms with E-state index in [1.165, 1.54) is 0 Å². The molecule has 1 aromatic rings. The summed E-state index contributed by atoms with van der Waals surface area (Å²) in [6, 6.07) is 2.17. The number of hydrogen-bond donors (Lipinski definition) is 1. The maximum Gasteiger partial charge on any atom is 0.232 e. The molecule has 0 unspecified atom stereocenters. The summed E-state index contributed by atoms with van der Waals surface area (Å²) in [7, 11) is 0. The predicted molar refractivity (Wildman–Crippen MR) is 87.5 cm³/mol. The first kappa shape index (κ1) is 16.1. The number of aryl methyl sites for hydroxylation is 1. The van der Waals surface area contributed by atoms with Crippen molar-refractivity contribution in [3.63, 3.8) is 0 Å². The minimum Gasteiger partial charge on any atom is -0.365 e. The van der Waals surface area contributed by atoms with Crippen LogP contribution in [0.4, 0.5) is 5.82 Å². The molecule has 0 aliphatic carbocycles. The Balaban J connectivity index is 2.03. The molecule has 0 saturated carbocycles. The third-order valence-electron chi connectivity index (χ3n) is 3.83. The number of likely N-dealkylation sites (tertiary alicyclic amines) is 1. The van der Waals surface area contributed by atoms with Gasteiger partial charge in [0.1, 0.15) is 11.6 Å². The molecule has 1 aliphatic heterocycles. The van der Waals surface area contributed by atoms with Crippen molar-refractivity contribution in [2.24, 2.45) is 5.92 Å². The molecule has 0 bridgehead atoms. The summed E-state index contributed by atoms with van der Waals surface area (Å²) in [5.74, 6) is 2.93. The van der Waals surface area contributed by atoms with Crippen molar-refractivity contribution >= 4 is 23.5 Å². The first-order valence-electron chi connectivity index (χ1n) is 7.47. The smallest absolute Gasteiger partial charge is 0.232 e. The van der Waals surface area contributed by atoms with E-state index >= 15 is 0 Å². The molecule has 1 aromatic heterocycles. The molecule has 0 radical (unpaired) electrons. The molecule has 2 heterocycles. The lowest BCUT2D eigenvalue weighted by molar-refractivity contribution is -0.127. The van der Waals surface area contributed by atoms with Crippen molar-refractivity contribution in [2.45, 2.75) is 32.7 Å². The standard InChI is InChI=1S/C15H24N4OS/c1-4-5-12-8-19(15(20)10-21-3)9-13(12)18-14-6-7-16-11(2)17-14/h6-7,12-13H,4-5,8-10H2,1-3H3,(H,16,17,18)/t12-,13-/m0/s1. The summed E-state index contributed by atoms with van der Waals surface area (Å²) >= 11 is 1.59. The number of aromatic nitrogens is 2. The van der Waals surface area contributed by atoms with Gasteiger partial charge in [-0.05, 0) is 31.6 Å². The molecule has 1 aliphatic rings. The Kier molecular flexibility index (Phi) is 5.85. The zero-order valence-electron chi connectivity index (χ0n) is 13.0. The number of carbonyl (C=O) groups excluding carboxylic acids is 1. The average molecular weight is 308 g/mol. The van der Waals surface area contributed by atoms with E-state index in [2.05, 4.69) is 22.2 Å². The van der Waals surface area contributed by atoms with Gasteiger partial charge < -0.3 is 10.2 Å². The van der Waals surface area contributed by atoms with E-state index in [1.54, 1.807) is 18.0 Å². The number of thioether (sulfide) groups is 1. The fourth-order valence-corrected chi connectivity index (χ4v) is 3.27. The first-order valence-corrected chi connectivity index (χ1v) is 8.86. The average Bonchev–Trinajstić information content (AvgIpc) is 2.83. The molecule has 116 valence electrons. The molecule has 0 spiro atoms. The van der Waals surface area contributed by atoms with E-state index in [-0.39, 0.29) is 11.9 Å². The lowest BCUT2D eigenvalue weighted by Gasteiger charge is -2.19. The number of carbonyl (C=O) groups is 1. The Labute approximate surface area is 130 Å². The molecule has 1 fully saturated rings. The molecule has 21 heavy (non-hydrogen) atoms. The van der Waals surface area contributed by atoms with Gasteiger partial charge in [-0.1, -0.05) is 13.3 Å². The van der Waals surface area contributed by atoms with E-state index in [9.17, 15) is 4.79 Å². The second kappa shape index (κ2) is 7.64. The van der Waals surface area contributed by atoms with Crippen LogP contribution in [0.3, 0.4) is 0 Å². The molecule has 1 N–H and O–H groups in total. The molecule has 0 aromatic carbocycles. The Bertz CT molecular complexity index is 482. The largest absolute Gasteiger partial charge is 0.365 e. The quantitative estimate of drug-likeness (QED) is 0.873. The molecule has 2 rings (SSSR count). The number of hydrogen-bond acceptors (Lipinski definition) is 5. The summed E-state index contributed by atoms with van der Waals surface area (Å²) < 4.78 is 0. The minimum atomic E-state index is 0.242. The van der Waals surface area contributed by atoms with Gasteiger partial charge >= 0.3 is 0 Å².